The van der Waals surface area contributed by atoms with Gasteiger partial charge in [-0.2, -0.15) is 0 Å². The Morgan fingerprint density at radius 3 is 2.57 bits per heavy atom. The molecule has 7 nitrogen and oxygen atoms in total. The first-order chi connectivity index (χ1) is 14.5. The molecule has 0 bridgehead atoms. The maximum Gasteiger partial charge on any atom is 0.338 e. The fraction of sp³-hybridized carbons (Fsp3) is 0.143. The Kier molecular flexibility index (Phi) is 5.53. The van der Waals surface area contributed by atoms with Crippen molar-refractivity contribution in [1.82, 2.24) is 10.4 Å². The number of anilines is 1. The number of esters is 1. The minimum absolute atomic E-state index is 0.00104. The summed E-state index contributed by atoms with van der Waals surface area (Å²) in [6, 6.07) is 12.2. The predicted octanol–water partition coefficient (Wildman–Crippen LogP) is 3.46. The number of nitrogens with one attached hydrogen (secondary N) is 1. The minimum atomic E-state index is -0.535. The molecule has 1 aliphatic heterocycles. The van der Waals surface area contributed by atoms with Gasteiger partial charge in [-0.25, -0.2) is 19.2 Å². The standard InChI is InChI=1S/C21H16FN3O4S/c22-15-5-1-13(2-6-15)20-23-16(12-30-20)11-29-21(28)14-3-7-17(8-4-14)25-19(27)10-9-18(26)24-25/h1-8,12H,9-11H2,(H,24,26). The summed E-state index contributed by atoms with van der Waals surface area (Å²) in [7, 11) is 0. The summed E-state index contributed by atoms with van der Waals surface area (Å²) in [6.45, 7) is -0.00104. The molecule has 2 amide bonds. The van der Waals surface area contributed by atoms with Crippen LogP contribution < -0.4 is 10.4 Å². The molecule has 30 heavy (non-hydrogen) atoms. The Hall–Kier alpha value is -3.59. The number of ether oxygens (including phenoxy) is 1. The van der Waals surface area contributed by atoms with Crippen LogP contribution in [0, 0.1) is 5.82 Å². The van der Waals surface area contributed by atoms with Crippen LogP contribution in [0.25, 0.3) is 10.6 Å². The topological polar surface area (TPSA) is 88.6 Å². The van der Waals surface area contributed by atoms with Crippen molar-refractivity contribution in [3.8, 4) is 10.6 Å². The molecule has 4 rings (SSSR count). The number of carbonyl (C=O) groups is 3. The van der Waals surface area contributed by atoms with E-state index in [4.69, 9.17) is 4.74 Å². The van der Waals surface area contributed by atoms with Crippen molar-refractivity contribution in [3.05, 3.63) is 71.0 Å². The number of rotatable bonds is 5. The first-order valence-corrected chi connectivity index (χ1v) is 9.97. The number of hydrazine groups is 1. The Morgan fingerprint density at radius 2 is 1.83 bits per heavy atom. The molecule has 2 heterocycles. The van der Waals surface area contributed by atoms with E-state index in [0.717, 1.165) is 5.56 Å². The summed E-state index contributed by atoms with van der Waals surface area (Å²) in [4.78, 5) is 40.1. The lowest BCUT2D eigenvalue weighted by Crippen LogP contribution is -2.50. The van der Waals surface area contributed by atoms with Crippen LogP contribution in [0.15, 0.2) is 53.9 Å². The Morgan fingerprint density at radius 1 is 1.10 bits per heavy atom. The van der Waals surface area contributed by atoms with Gasteiger partial charge in [0.1, 0.15) is 17.4 Å². The number of thiazole rings is 1. The number of halogens is 1. The van der Waals surface area contributed by atoms with Gasteiger partial charge in [0.2, 0.25) is 11.8 Å². The number of aromatic nitrogens is 1. The SMILES string of the molecule is O=C1CCC(=O)N(c2ccc(C(=O)OCc3csc(-c4ccc(F)cc4)n3)cc2)N1. The van der Waals surface area contributed by atoms with Crippen molar-refractivity contribution in [2.75, 3.05) is 5.01 Å². The Bertz CT molecular complexity index is 1100. The summed E-state index contributed by atoms with van der Waals surface area (Å²) in [5.41, 5.74) is 4.65. The van der Waals surface area contributed by atoms with Gasteiger partial charge in [-0.05, 0) is 48.5 Å². The van der Waals surface area contributed by atoms with Gasteiger partial charge in [0.15, 0.2) is 0 Å². The molecule has 1 aliphatic rings. The quantitative estimate of drug-likeness (QED) is 0.633. The maximum absolute atomic E-state index is 13.0. The van der Waals surface area contributed by atoms with Crippen molar-refractivity contribution >= 4 is 34.8 Å². The molecule has 152 valence electrons. The number of hydrogen-bond acceptors (Lipinski definition) is 6. The molecule has 1 saturated heterocycles. The van der Waals surface area contributed by atoms with Crippen molar-refractivity contribution < 1.29 is 23.5 Å². The number of carbonyl (C=O) groups excluding carboxylic acids is 3. The molecule has 1 N–H and O–H groups in total. The monoisotopic (exact) mass is 425 g/mol. The molecule has 0 radical (unpaired) electrons. The normalized spacial score (nSPS) is 13.8. The van der Waals surface area contributed by atoms with Gasteiger partial charge in [-0.1, -0.05) is 0 Å². The lowest BCUT2D eigenvalue weighted by Gasteiger charge is -2.27. The minimum Gasteiger partial charge on any atom is -0.456 e. The second-order valence-corrected chi connectivity index (χ2v) is 7.40. The molecule has 0 aliphatic carbocycles. The molecule has 1 aromatic heterocycles. The lowest BCUT2D eigenvalue weighted by molar-refractivity contribution is -0.130. The molecule has 0 spiro atoms. The molecule has 3 aromatic rings. The first kappa shape index (κ1) is 19.7. The number of hydrogen-bond donors (Lipinski definition) is 1. The van der Waals surface area contributed by atoms with Gasteiger partial charge in [-0.3, -0.25) is 15.0 Å². The van der Waals surface area contributed by atoms with Crippen LogP contribution >= 0.6 is 11.3 Å². The largest absolute Gasteiger partial charge is 0.456 e. The zero-order valence-corrected chi connectivity index (χ0v) is 16.4. The van der Waals surface area contributed by atoms with Gasteiger partial charge in [0.05, 0.1) is 16.9 Å². The highest BCUT2D eigenvalue weighted by Gasteiger charge is 2.24. The second-order valence-electron chi connectivity index (χ2n) is 6.54. The average Bonchev–Trinajstić information content (AvgIpc) is 3.23. The average molecular weight is 425 g/mol. The molecule has 1 fully saturated rings. The van der Waals surface area contributed by atoms with Gasteiger partial charge < -0.3 is 4.74 Å². The van der Waals surface area contributed by atoms with E-state index in [1.54, 1.807) is 29.6 Å². The second kappa shape index (κ2) is 8.42. The summed E-state index contributed by atoms with van der Waals surface area (Å²) >= 11 is 1.38. The number of nitrogens with zero attached hydrogens (tertiary/aromatic N) is 2. The Balaban J connectivity index is 1.37. The van der Waals surface area contributed by atoms with Crippen LogP contribution in [-0.4, -0.2) is 22.8 Å². The molecule has 0 unspecified atom stereocenters. The third kappa shape index (κ3) is 4.36. The van der Waals surface area contributed by atoms with Crippen LogP contribution in [0.1, 0.15) is 28.9 Å². The highest BCUT2D eigenvalue weighted by Crippen LogP contribution is 2.24. The summed E-state index contributed by atoms with van der Waals surface area (Å²) in [5, 5.41) is 3.66. The van der Waals surface area contributed by atoms with E-state index < -0.39 is 5.97 Å². The zero-order chi connectivity index (χ0) is 21.1. The number of benzene rings is 2. The highest BCUT2D eigenvalue weighted by atomic mass is 32.1. The fourth-order valence-electron chi connectivity index (χ4n) is 2.85. The molecule has 0 saturated carbocycles. The molecule has 9 heteroatoms. The van der Waals surface area contributed by atoms with E-state index in [2.05, 4.69) is 10.4 Å². The fourth-order valence-corrected chi connectivity index (χ4v) is 3.66. The number of amides is 2. The van der Waals surface area contributed by atoms with E-state index in [1.807, 2.05) is 0 Å². The van der Waals surface area contributed by atoms with E-state index in [0.29, 0.717) is 22.0 Å². The van der Waals surface area contributed by atoms with Gasteiger partial charge >= 0.3 is 5.97 Å². The lowest BCUT2D eigenvalue weighted by atomic mass is 10.2. The van der Waals surface area contributed by atoms with Crippen LogP contribution in [0.3, 0.4) is 0 Å². The molecular formula is C21H16FN3O4S. The van der Waals surface area contributed by atoms with E-state index in [9.17, 15) is 18.8 Å². The van der Waals surface area contributed by atoms with Gasteiger partial charge in [0, 0.05) is 23.8 Å². The highest BCUT2D eigenvalue weighted by molar-refractivity contribution is 7.13. The smallest absolute Gasteiger partial charge is 0.338 e. The van der Waals surface area contributed by atoms with Crippen molar-refractivity contribution in [2.45, 2.75) is 19.4 Å². The van der Waals surface area contributed by atoms with Crippen LogP contribution in [0.4, 0.5) is 10.1 Å². The summed E-state index contributed by atoms with van der Waals surface area (Å²) in [6.07, 6.45) is 0.308. The zero-order valence-electron chi connectivity index (χ0n) is 15.6. The van der Waals surface area contributed by atoms with Crippen LogP contribution in [-0.2, 0) is 20.9 Å². The third-order valence-corrected chi connectivity index (χ3v) is 5.35. The van der Waals surface area contributed by atoms with E-state index in [-0.39, 0.29) is 37.1 Å². The van der Waals surface area contributed by atoms with Gasteiger partial charge in [-0.15, -0.1) is 11.3 Å². The van der Waals surface area contributed by atoms with E-state index >= 15 is 0 Å². The summed E-state index contributed by atoms with van der Waals surface area (Å²) in [5.74, 6) is -1.30. The first-order valence-electron chi connectivity index (χ1n) is 9.09. The van der Waals surface area contributed by atoms with Crippen LogP contribution in [0.2, 0.25) is 0 Å². The van der Waals surface area contributed by atoms with Crippen molar-refractivity contribution in [1.29, 1.82) is 0 Å². The molecular weight excluding hydrogens is 409 g/mol. The summed E-state index contributed by atoms with van der Waals surface area (Å²) < 4.78 is 18.3. The predicted molar refractivity (Wildman–Crippen MR) is 108 cm³/mol. The van der Waals surface area contributed by atoms with Gasteiger partial charge in [0.25, 0.3) is 0 Å². The Labute approximate surface area is 175 Å². The van der Waals surface area contributed by atoms with Crippen LogP contribution in [0.5, 0.6) is 0 Å². The maximum atomic E-state index is 13.0. The van der Waals surface area contributed by atoms with E-state index in [1.165, 1.54) is 40.6 Å². The van der Waals surface area contributed by atoms with Crippen molar-refractivity contribution in [2.24, 2.45) is 0 Å². The third-order valence-electron chi connectivity index (χ3n) is 4.41. The molecule has 2 aromatic carbocycles. The molecule has 0 atom stereocenters. The van der Waals surface area contributed by atoms with Crippen molar-refractivity contribution in [3.63, 3.8) is 0 Å².